The maximum atomic E-state index is 12.2. The summed E-state index contributed by atoms with van der Waals surface area (Å²) >= 11 is 0. The first-order valence-corrected chi connectivity index (χ1v) is 8.75. The van der Waals surface area contributed by atoms with E-state index in [9.17, 15) is 4.79 Å². The number of aryl methyl sites for hydroxylation is 2. The van der Waals surface area contributed by atoms with Crippen molar-refractivity contribution in [1.29, 1.82) is 0 Å². The Morgan fingerprint density at radius 3 is 2.36 bits per heavy atom. The first-order chi connectivity index (χ1) is 11.8. The lowest BCUT2D eigenvalue weighted by Gasteiger charge is -2.16. The highest BCUT2D eigenvalue weighted by molar-refractivity contribution is 5.76. The zero-order valence-corrected chi connectivity index (χ0v) is 16.0. The van der Waals surface area contributed by atoms with E-state index >= 15 is 0 Å². The van der Waals surface area contributed by atoms with Gasteiger partial charge in [-0.25, -0.2) is 0 Å². The Morgan fingerprint density at radius 1 is 1.08 bits per heavy atom. The van der Waals surface area contributed by atoms with E-state index in [0.717, 1.165) is 17.8 Å². The lowest BCUT2D eigenvalue weighted by molar-refractivity contribution is -0.885. The standard InChI is InChI=1S/C21H29N3O/c1-16-6-9-19(17(2)12-16)14-24(5)15-21(25)22-13-18-7-10-20(11-8-18)23(3)4/h6-12H,13-15H2,1-5H3,(H,22,25)/p+1. The summed E-state index contributed by atoms with van der Waals surface area (Å²) in [4.78, 5) is 15.4. The van der Waals surface area contributed by atoms with Crippen LogP contribution >= 0.6 is 0 Å². The maximum absolute atomic E-state index is 12.2. The van der Waals surface area contributed by atoms with Gasteiger partial charge in [0.25, 0.3) is 5.91 Å². The molecule has 1 unspecified atom stereocenters. The predicted octanol–water partition coefficient (Wildman–Crippen LogP) is 1.70. The molecule has 2 N–H and O–H groups in total. The molecule has 0 aromatic heterocycles. The predicted molar refractivity (Wildman–Crippen MR) is 104 cm³/mol. The lowest BCUT2D eigenvalue weighted by Crippen LogP contribution is -3.08. The van der Waals surface area contributed by atoms with Crippen LogP contribution in [0.4, 0.5) is 5.69 Å². The first-order valence-electron chi connectivity index (χ1n) is 8.75. The molecule has 0 radical (unpaired) electrons. The molecule has 0 aliphatic heterocycles. The fourth-order valence-corrected chi connectivity index (χ4v) is 2.88. The van der Waals surface area contributed by atoms with Gasteiger partial charge >= 0.3 is 0 Å². The van der Waals surface area contributed by atoms with Gasteiger partial charge in [-0.1, -0.05) is 35.9 Å². The van der Waals surface area contributed by atoms with Crippen molar-refractivity contribution in [3.8, 4) is 0 Å². The molecule has 0 saturated heterocycles. The average Bonchev–Trinajstić information content (AvgIpc) is 2.56. The van der Waals surface area contributed by atoms with E-state index in [4.69, 9.17) is 0 Å². The molecular weight excluding hydrogens is 310 g/mol. The molecule has 2 aromatic rings. The van der Waals surface area contributed by atoms with Gasteiger partial charge in [-0.05, 0) is 37.1 Å². The van der Waals surface area contributed by atoms with Crippen LogP contribution in [0, 0.1) is 13.8 Å². The number of carbonyl (C=O) groups excluding carboxylic acids is 1. The van der Waals surface area contributed by atoms with E-state index < -0.39 is 0 Å². The van der Waals surface area contributed by atoms with E-state index in [1.54, 1.807) is 0 Å². The second-order valence-corrected chi connectivity index (χ2v) is 7.08. The number of likely N-dealkylation sites (N-methyl/N-ethyl adjacent to an activating group) is 1. The van der Waals surface area contributed by atoms with Gasteiger partial charge in [-0.3, -0.25) is 4.79 Å². The Balaban J connectivity index is 1.81. The molecule has 4 heteroatoms. The third-order valence-corrected chi connectivity index (χ3v) is 4.40. The molecule has 0 aliphatic carbocycles. The number of anilines is 1. The number of hydrogen-bond acceptors (Lipinski definition) is 2. The summed E-state index contributed by atoms with van der Waals surface area (Å²) in [6, 6.07) is 14.7. The van der Waals surface area contributed by atoms with Crippen LogP contribution in [-0.2, 0) is 17.9 Å². The highest BCUT2D eigenvalue weighted by Crippen LogP contribution is 2.12. The maximum Gasteiger partial charge on any atom is 0.275 e. The molecule has 1 amide bonds. The van der Waals surface area contributed by atoms with Gasteiger partial charge in [0, 0.05) is 31.9 Å². The minimum absolute atomic E-state index is 0.0824. The van der Waals surface area contributed by atoms with Crippen molar-refractivity contribution in [3.63, 3.8) is 0 Å². The highest BCUT2D eigenvalue weighted by atomic mass is 16.2. The van der Waals surface area contributed by atoms with Crippen molar-refractivity contribution in [3.05, 3.63) is 64.7 Å². The topological polar surface area (TPSA) is 36.8 Å². The largest absolute Gasteiger partial charge is 0.378 e. The summed E-state index contributed by atoms with van der Waals surface area (Å²) in [5.74, 6) is 0.0824. The van der Waals surface area contributed by atoms with E-state index in [-0.39, 0.29) is 5.91 Å². The Labute approximate surface area is 151 Å². The lowest BCUT2D eigenvalue weighted by atomic mass is 10.1. The summed E-state index contributed by atoms with van der Waals surface area (Å²) in [5, 5.41) is 3.01. The number of quaternary nitrogens is 1. The third kappa shape index (κ3) is 5.91. The van der Waals surface area contributed by atoms with Gasteiger partial charge in [0.2, 0.25) is 0 Å². The molecule has 0 bridgehead atoms. The van der Waals surface area contributed by atoms with E-state index in [0.29, 0.717) is 13.1 Å². The van der Waals surface area contributed by atoms with Crippen LogP contribution in [0.15, 0.2) is 42.5 Å². The number of benzene rings is 2. The SMILES string of the molecule is Cc1ccc(C[NH+](C)CC(=O)NCc2ccc(N(C)C)cc2)c(C)c1. The monoisotopic (exact) mass is 340 g/mol. The summed E-state index contributed by atoms with van der Waals surface area (Å²) in [7, 11) is 6.10. The summed E-state index contributed by atoms with van der Waals surface area (Å²) in [6.07, 6.45) is 0. The van der Waals surface area contributed by atoms with Gasteiger partial charge < -0.3 is 15.1 Å². The molecule has 0 fully saturated rings. The molecule has 2 rings (SSSR count). The molecule has 0 saturated carbocycles. The van der Waals surface area contributed by atoms with Gasteiger partial charge in [0.15, 0.2) is 6.54 Å². The minimum Gasteiger partial charge on any atom is -0.378 e. The van der Waals surface area contributed by atoms with Crippen LogP contribution < -0.4 is 15.1 Å². The van der Waals surface area contributed by atoms with Gasteiger partial charge in [-0.2, -0.15) is 0 Å². The molecule has 1 atom stereocenters. The summed E-state index contributed by atoms with van der Waals surface area (Å²) in [6.45, 7) is 6.14. The Bertz CT molecular complexity index is 708. The van der Waals surface area contributed by atoms with Crippen molar-refractivity contribution in [1.82, 2.24) is 5.32 Å². The normalized spacial score (nSPS) is 11.9. The number of hydrogen-bond donors (Lipinski definition) is 2. The summed E-state index contributed by atoms with van der Waals surface area (Å²) < 4.78 is 0. The van der Waals surface area contributed by atoms with Crippen LogP contribution in [0.5, 0.6) is 0 Å². The Hall–Kier alpha value is -2.33. The summed E-state index contributed by atoms with van der Waals surface area (Å²) in [5.41, 5.74) is 6.14. The zero-order chi connectivity index (χ0) is 18.4. The van der Waals surface area contributed by atoms with Gasteiger partial charge in [-0.15, -0.1) is 0 Å². The number of carbonyl (C=O) groups is 1. The molecule has 0 spiro atoms. The zero-order valence-electron chi connectivity index (χ0n) is 16.0. The molecule has 2 aromatic carbocycles. The number of amides is 1. The van der Waals surface area contributed by atoms with Crippen molar-refractivity contribution < 1.29 is 9.69 Å². The quantitative estimate of drug-likeness (QED) is 0.805. The highest BCUT2D eigenvalue weighted by Gasteiger charge is 2.11. The Morgan fingerprint density at radius 2 is 1.76 bits per heavy atom. The fraction of sp³-hybridized carbons (Fsp3) is 0.381. The van der Waals surface area contributed by atoms with Gasteiger partial charge in [0.05, 0.1) is 7.05 Å². The van der Waals surface area contributed by atoms with Crippen LogP contribution in [0.3, 0.4) is 0 Å². The molecular formula is C21H30N3O+. The average molecular weight is 340 g/mol. The smallest absolute Gasteiger partial charge is 0.275 e. The van der Waals surface area contributed by atoms with Gasteiger partial charge in [0.1, 0.15) is 6.54 Å². The minimum atomic E-state index is 0.0824. The molecule has 4 nitrogen and oxygen atoms in total. The van der Waals surface area contributed by atoms with Crippen molar-refractivity contribution in [2.45, 2.75) is 26.9 Å². The number of nitrogens with zero attached hydrogens (tertiary/aromatic N) is 1. The van der Waals surface area contributed by atoms with E-state index in [2.05, 4.69) is 73.6 Å². The second kappa shape index (κ2) is 8.67. The molecule has 0 heterocycles. The van der Waals surface area contributed by atoms with Crippen molar-refractivity contribution in [2.75, 3.05) is 32.6 Å². The van der Waals surface area contributed by atoms with Crippen LogP contribution in [0.2, 0.25) is 0 Å². The molecule has 0 aliphatic rings. The molecule has 134 valence electrons. The van der Waals surface area contributed by atoms with Crippen molar-refractivity contribution in [2.24, 2.45) is 0 Å². The molecule has 25 heavy (non-hydrogen) atoms. The van der Waals surface area contributed by atoms with Crippen LogP contribution in [0.25, 0.3) is 0 Å². The third-order valence-electron chi connectivity index (χ3n) is 4.40. The van der Waals surface area contributed by atoms with Crippen LogP contribution in [0.1, 0.15) is 22.3 Å². The Kier molecular flexibility index (Phi) is 6.59. The van der Waals surface area contributed by atoms with E-state index in [1.165, 1.54) is 21.6 Å². The fourth-order valence-electron chi connectivity index (χ4n) is 2.88. The number of nitrogens with one attached hydrogen (secondary N) is 2. The van der Waals surface area contributed by atoms with Crippen molar-refractivity contribution >= 4 is 11.6 Å². The second-order valence-electron chi connectivity index (χ2n) is 7.08. The van der Waals surface area contributed by atoms with Crippen LogP contribution in [-0.4, -0.2) is 33.6 Å². The van der Waals surface area contributed by atoms with E-state index in [1.807, 2.05) is 14.1 Å². The number of rotatable bonds is 7. The first kappa shape index (κ1) is 19.0.